The molecule has 0 aliphatic heterocycles. The van der Waals surface area contributed by atoms with Gasteiger partial charge in [-0.2, -0.15) is 0 Å². The quantitative estimate of drug-likeness (QED) is 0.363. The van der Waals surface area contributed by atoms with Gasteiger partial charge in [0.15, 0.2) is 0 Å². The molecule has 0 saturated heterocycles. The Kier molecular flexibility index (Phi) is 6.61. The Bertz CT molecular complexity index is 187. The summed E-state index contributed by atoms with van der Waals surface area (Å²) in [7, 11) is 1.64. The third-order valence-corrected chi connectivity index (χ3v) is 3.10. The summed E-state index contributed by atoms with van der Waals surface area (Å²) >= 11 is 0. The Balaban J connectivity index is 2.24. The summed E-state index contributed by atoms with van der Waals surface area (Å²) in [6.07, 6.45) is 6.92. The summed E-state index contributed by atoms with van der Waals surface area (Å²) in [6.45, 7) is 1.37. The average molecular weight is 230 g/mol. The van der Waals surface area contributed by atoms with Crippen LogP contribution in [0.2, 0.25) is 0 Å². The van der Waals surface area contributed by atoms with Crippen molar-refractivity contribution in [2.45, 2.75) is 44.1 Å². The molecule has 4 nitrogen and oxygen atoms in total. The molecule has 16 heavy (non-hydrogen) atoms. The first kappa shape index (κ1) is 13.6. The lowest BCUT2D eigenvalue weighted by molar-refractivity contribution is -0.163. The van der Waals surface area contributed by atoms with Gasteiger partial charge in [0.1, 0.15) is 13.1 Å². The molecule has 0 N–H and O–H groups in total. The molecular weight excluding hydrogens is 208 g/mol. The summed E-state index contributed by atoms with van der Waals surface area (Å²) in [4.78, 5) is 10.7. The molecule has 1 aliphatic rings. The lowest BCUT2D eigenvalue weighted by Gasteiger charge is -2.35. The molecule has 0 bridgehead atoms. The first-order chi connectivity index (χ1) is 7.83. The largest absolute Gasteiger partial charge is 0.382 e. The van der Waals surface area contributed by atoms with Crippen LogP contribution >= 0.6 is 0 Å². The molecule has 0 radical (unpaired) electrons. The van der Waals surface area contributed by atoms with Crippen molar-refractivity contribution >= 4 is 6.29 Å². The van der Waals surface area contributed by atoms with Crippen LogP contribution in [0.5, 0.6) is 0 Å². The summed E-state index contributed by atoms with van der Waals surface area (Å²) in [5.41, 5.74) is -0.257. The molecule has 4 heteroatoms. The van der Waals surface area contributed by atoms with Crippen LogP contribution in [0.1, 0.15) is 38.5 Å². The van der Waals surface area contributed by atoms with Gasteiger partial charge < -0.3 is 19.0 Å². The predicted molar refractivity (Wildman–Crippen MR) is 60.3 cm³/mol. The number of aldehydes is 1. The van der Waals surface area contributed by atoms with Gasteiger partial charge in [-0.25, -0.2) is 0 Å². The van der Waals surface area contributed by atoms with E-state index >= 15 is 0 Å². The second-order valence-electron chi connectivity index (χ2n) is 4.28. The van der Waals surface area contributed by atoms with Crippen LogP contribution in [0.4, 0.5) is 0 Å². The molecule has 0 heterocycles. The number of carbonyl (C=O) groups is 1. The van der Waals surface area contributed by atoms with Crippen molar-refractivity contribution in [1.82, 2.24) is 0 Å². The number of carbonyl (C=O) groups excluding carboxylic acids is 1. The zero-order valence-corrected chi connectivity index (χ0v) is 10.1. The zero-order chi connectivity index (χ0) is 11.7. The standard InChI is InChI=1S/C12H22O4/c1-14-9-10-15-11-16-12(7-8-13)5-3-2-4-6-12/h8H,2-7,9-11H2,1H3. The molecule has 0 spiro atoms. The van der Waals surface area contributed by atoms with Crippen molar-refractivity contribution in [1.29, 1.82) is 0 Å². The van der Waals surface area contributed by atoms with Crippen molar-refractivity contribution in [2.24, 2.45) is 0 Å². The van der Waals surface area contributed by atoms with Gasteiger partial charge in [0.25, 0.3) is 0 Å². The zero-order valence-electron chi connectivity index (χ0n) is 10.1. The van der Waals surface area contributed by atoms with Crippen molar-refractivity contribution < 1.29 is 19.0 Å². The van der Waals surface area contributed by atoms with Gasteiger partial charge in [-0.3, -0.25) is 0 Å². The van der Waals surface area contributed by atoms with E-state index in [1.54, 1.807) is 7.11 Å². The van der Waals surface area contributed by atoms with Crippen LogP contribution in [0.25, 0.3) is 0 Å². The number of ether oxygens (including phenoxy) is 3. The van der Waals surface area contributed by atoms with Gasteiger partial charge >= 0.3 is 0 Å². The average Bonchev–Trinajstić information content (AvgIpc) is 2.30. The van der Waals surface area contributed by atoms with Crippen LogP contribution in [0, 0.1) is 0 Å². The van der Waals surface area contributed by atoms with Crippen molar-refractivity contribution in [3.05, 3.63) is 0 Å². The van der Waals surface area contributed by atoms with Crippen LogP contribution in [0.15, 0.2) is 0 Å². The van der Waals surface area contributed by atoms with E-state index in [-0.39, 0.29) is 12.4 Å². The van der Waals surface area contributed by atoms with Crippen molar-refractivity contribution in [3.63, 3.8) is 0 Å². The van der Waals surface area contributed by atoms with Crippen molar-refractivity contribution in [3.8, 4) is 0 Å². The lowest BCUT2D eigenvalue weighted by atomic mass is 9.83. The summed E-state index contributed by atoms with van der Waals surface area (Å²) in [5, 5.41) is 0. The van der Waals surface area contributed by atoms with E-state index in [4.69, 9.17) is 14.2 Å². The van der Waals surface area contributed by atoms with Crippen molar-refractivity contribution in [2.75, 3.05) is 27.1 Å². The van der Waals surface area contributed by atoms with Gasteiger partial charge in [-0.1, -0.05) is 19.3 Å². The normalized spacial score (nSPS) is 19.6. The van der Waals surface area contributed by atoms with Crippen LogP contribution in [-0.4, -0.2) is 39.0 Å². The predicted octanol–water partition coefficient (Wildman–Crippen LogP) is 1.92. The number of rotatable bonds is 8. The van der Waals surface area contributed by atoms with Gasteiger partial charge in [0, 0.05) is 13.5 Å². The third-order valence-electron chi connectivity index (χ3n) is 3.10. The SMILES string of the molecule is COCCOCOC1(CC=O)CCCCC1. The minimum absolute atomic E-state index is 0.257. The molecule has 0 unspecified atom stereocenters. The molecule has 0 aromatic rings. The molecule has 1 rings (SSSR count). The van der Waals surface area contributed by atoms with Crippen LogP contribution in [0.3, 0.4) is 0 Å². The van der Waals surface area contributed by atoms with E-state index in [9.17, 15) is 4.79 Å². The fraction of sp³-hybridized carbons (Fsp3) is 0.917. The lowest BCUT2D eigenvalue weighted by Crippen LogP contribution is -2.36. The Hall–Kier alpha value is -0.450. The molecule has 1 aliphatic carbocycles. The summed E-state index contributed by atoms with van der Waals surface area (Å²) in [5.74, 6) is 0. The van der Waals surface area contributed by atoms with E-state index in [0.717, 1.165) is 32.0 Å². The first-order valence-electron chi connectivity index (χ1n) is 5.97. The van der Waals surface area contributed by atoms with E-state index in [1.165, 1.54) is 6.42 Å². The molecule has 0 aromatic carbocycles. The maximum atomic E-state index is 10.7. The van der Waals surface area contributed by atoms with Crippen LogP contribution < -0.4 is 0 Å². The van der Waals surface area contributed by atoms with Gasteiger partial charge in [-0.15, -0.1) is 0 Å². The van der Waals surface area contributed by atoms with E-state index in [1.807, 2.05) is 0 Å². The van der Waals surface area contributed by atoms with E-state index in [0.29, 0.717) is 19.6 Å². The Morgan fingerprint density at radius 1 is 1.19 bits per heavy atom. The highest BCUT2D eigenvalue weighted by atomic mass is 16.7. The topological polar surface area (TPSA) is 44.8 Å². The minimum Gasteiger partial charge on any atom is -0.382 e. The molecule has 1 fully saturated rings. The fourth-order valence-corrected chi connectivity index (χ4v) is 2.12. The molecule has 1 saturated carbocycles. The highest BCUT2D eigenvalue weighted by Crippen LogP contribution is 2.33. The second-order valence-corrected chi connectivity index (χ2v) is 4.28. The smallest absolute Gasteiger partial charge is 0.147 e. The van der Waals surface area contributed by atoms with E-state index in [2.05, 4.69) is 0 Å². The highest BCUT2D eigenvalue weighted by molar-refractivity contribution is 5.51. The first-order valence-corrected chi connectivity index (χ1v) is 5.97. The molecule has 94 valence electrons. The molecular formula is C12H22O4. The maximum absolute atomic E-state index is 10.7. The molecule has 0 atom stereocenters. The monoisotopic (exact) mass is 230 g/mol. The Labute approximate surface area is 97.2 Å². The van der Waals surface area contributed by atoms with E-state index < -0.39 is 0 Å². The molecule has 0 amide bonds. The number of hydrogen-bond acceptors (Lipinski definition) is 4. The fourth-order valence-electron chi connectivity index (χ4n) is 2.12. The number of methoxy groups -OCH3 is 1. The highest BCUT2D eigenvalue weighted by Gasteiger charge is 2.32. The second kappa shape index (κ2) is 7.76. The Morgan fingerprint density at radius 2 is 1.94 bits per heavy atom. The van der Waals surface area contributed by atoms with Gasteiger partial charge in [-0.05, 0) is 12.8 Å². The minimum atomic E-state index is -0.257. The third kappa shape index (κ3) is 4.60. The summed E-state index contributed by atoms with van der Waals surface area (Å²) in [6, 6.07) is 0. The summed E-state index contributed by atoms with van der Waals surface area (Å²) < 4.78 is 15.9. The Morgan fingerprint density at radius 3 is 2.56 bits per heavy atom. The van der Waals surface area contributed by atoms with Crippen LogP contribution in [-0.2, 0) is 19.0 Å². The number of hydrogen-bond donors (Lipinski definition) is 0. The van der Waals surface area contributed by atoms with Gasteiger partial charge in [0.05, 0.1) is 18.8 Å². The maximum Gasteiger partial charge on any atom is 0.147 e. The van der Waals surface area contributed by atoms with Gasteiger partial charge in [0.2, 0.25) is 0 Å². The molecule has 0 aromatic heterocycles.